The van der Waals surface area contributed by atoms with Crippen molar-refractivity contribution in [1.29, 1.82) is 0 Å². The van der Waals surface area contributed by atoms with Crippen LogP contribution in [0.3, 0.4) is 0 Å². The summed E-state index contributed by atoms with van der Waals surface area (Å²) in [6.07, 6.45) is 12.0. The lowest BCUT2D eigenvalue weighted by atomic mass is 9.92. The van der Waals surface area contributed by atoms with Crippen LogP contribution in [0.25, 0.3) is 111 Å². The van der Waals surface area contributed by atoms with E-state index in [1.54, 1.807) is 0 Å². The standard InChI is InChI=1S/C23H27P3.2C22H25P3.2C21H23P3/c1-15-7-21(17-3-5-19(12-24)16(2)9-17)11-22(8-15)18-4-6-20(13-25)23(10-18)14-26;1-15-2-5-18(17-6-3-16(12-23)4-7-17)11-22(15)19-8-9-20(13-24)21(10-19)14-25;1-14-3-4-17(21-8-7-20(25)9-15(21)2)11-22(14)16-5-6-18(12-23)19(10-16)13-24;1-14-9-20(24)7-8-21(14)17-4-2-3-15(10-17)16-5-6-18(12-22)19(11-16)13-23;1-14-9-17(7-8-21(14)24)15-3-2-4-16(10-15)18-5-6-19(12-22)20(11-18)13-23/h3-11H,12-14,24-26H2,1-2H3;2-11H,12-14,23-25H2,1H3;3-11H,12-13,23-25H2,1-2H3;2*2-11H,12-13,22-24H2,1H3. The first kappa shape index (κ1) is 99.3. The molecule has 0 heterocycles. The molecule has 124 heavy (non-hydrogen) atoms. The molecule has 0 radical (unpaired) electrons. The van der Waals surface area contributed by atoms with E-state index in [1.807, 2.05) is 0 Å². The Kier molecular flexibility index (Phi) is 39.4. The molecule has 15 unspecified atom stereocenters. The molecule has 15 heteroatoms. The maximum Gasteiger partial charge on any atom is -0.0125 e. The van der Waals surface area contributed by atoms with Crippen LogP contribution in [0.5, 0.6) is 0 Å². The van der Waals surface area contributed by atoms with E-state index in [9.17, 15) is 0 Å². The van der Waals surface area contributed by atoms with Crippen LogP contribution < -0.4 is 15.9 Å². The van der Waals surface area contributed by atoms with Crippen molar-refractivity contribution >= 4 is 155 Å². The first-order valence-electron chi connectivity index (χ1n) is 42.3. The summed E-state index contributed by atoms with van der Waals surface area (Å²) >= 11 is 0. The molecule has 634 valence electrons. The summed E-state index contributed by atoms with van der Waals surface area (Å²) in [5, 5.41) is 3.71. The van der Waals surface area contributed by atoms with Gasteiger partial charge in [-0.2, -0.15) is 0 Å². The molecule has 0 bridgehead atoms. The van der Waals surface area contributed by atoms with Crippen molar-refractivity contribution in [3.63, 3.8) is 0 Å². The number of hydrogen-bond donors (Lipinski definition) is 0. The molecule has 15 aromatic carbocycles. The zero-order valence-corrected chi connectivity index (χ0v) is 90.2. The molecule has 15 rings (SSSR count). The van der Waals surface area contributed by atoms with Gasteiger partial charge in [0.25, 0.3) is 0 Å². The van der Waals surface area contributed by atoms with Gasteiger partial charge in [0.1, 0.15) is 0 Å². The minimum absolute atomic E-state index is 0.991. The van der Waals surface area contributed by atoms with E-state index in [-0.39, 0.29) is 0 Å². The second-order valence-corrected chi connectivity index (χ2v) is 38.6. The summed E-state index contributed by atoms with van der Waals surface area (Å²) in [6.45, 7) is 15.3. The van der Waals surface area contributed by atoms with Crippen molar-refractivity contribution in [3.8, 4) is 111 Å². The van der Waals surface area contributed by atoms with Crippen LogP contribution in [0.1, 0.15) is 106 Å². The van der Waals surface area contributed by atoms with Crippen molar-refractivity contribution in [1.82, 2.24) is 0 Å². The third-order valence-electron chi connectivity index (χ3n) is 23.3. The molecule has 0 aromatic heterocycles. The van der Waals surface area contributed by atoms with Gasteiger partial charge in [0.15, 0.2) is 0 Å². The Hall–Kier alpha value is -5.25. The average molecular weight is 1900 g/mol. The van der Waals surface area contributed by atoms with Crippen molar-refractivity contribution in [3.05, 3.63) is 397 Å². The summed E-state index contributed by atoms with van der Waals surface area (Å²) in [7, 11) is 42.3. The maximum atomic E-state index is 2.86. The molecule has 0 saturated carbocycles. The lowest BCUT2D eigenvalue weighted by Crippen LogP contribution is -1.95. The van der Waals surface area contributed by atoms with Gasteiger partial charge in [-0.3, -0.25) is 0 Å². The van der Waals surface area contributed by atoms with Crippen molar-refractivity contribution in [2.75, 3.05) is 0 Å². The molecule has 0 aliphatic rings. The Morgan fingerprint density at radius 2 is 0.435 bits per heavy atom. The van der Waals surface area contributed by atoms with Crippen LogP contribution >= 0.6 is 139 Å². The van der Waals surface area contributed by atoms with Crippen LogP contribution in [-0.2, 0) is 73.9 Å². The van der Waals surface area contributed by atoms with Crippen molar-refractivity contribution in [2.45, 2.75) is 122 Å². The molecule has 15 atom stereocenters. The molecule has 15 aromatic rings. The van der Waals surface area contributed by atoms with Gasteiger partial charge in [0.05, 0.1) is 0 Å². The van der Waals surface area contributed by atoms with E-state index in [4.69, 9.17) is 0 Å². The smallest absolute Gasteiger partial charge is 0.0125 e. The number of rotatable bonds is 22. The molecule has 0 nitrogen and oxygen atoms in total. The summed E-state index contributed by atoms with van der Waals surface area (Å²) in [4.78, 5) is 0. The molecule has 0 aliphatic heterocycles. The predicted octanol–water partition coefficient (Wildman–Crippen LogP) is 30.3. The molecule has 0 aliphatic carbocycles. The minimum atomic E-state index is 0.991. The lowest BCUT2D eigenvalue weighted by Gasteiger charge is -2.14. The van der Waals surface area contributed by atoms with E-state index in [0.29, 0.717) is 0 Å². The molecular formula is C109H123P15. The highest BCUT2D eigenvalue weighted by Gasteiger charge is 2.16. The van der Waals surface area contributed by atoms with Crippen LogP contribution in [-0.4, -0.2) is 0 Å². The summed E-state index contributed by atoms with van der Waals surface area (Å²) in [6, 6.07) is 108. The average Bonchev–Trinajstić information content (AvgIpc) is 0.823. The van der Waals surface area contributed by atoms with Gasteiger partial charge in [0, 0.05) is 0 Å². The van der Waals surface area contributed by atoms with Crippen LogP contribution in [0, 0.1) is 48.5 Å². The fourth-order valence-corrected chi connectivity index (χ4v) is 21.3. The third-order valence-corrected chi connectivity index (χ3v) is 30.0. The van der Waals surface area contributed by atoms with Gasteiger partial charge in [-0.15, -0.1) is 139 Å². The summed E-state index contributed by atoms with van der Waals surface area (Å²) < 4.78 is 0. The first-order chi connectivity index (χ1) is 60.0. The van der Waals surface area contributed by atoms with E-state index < -0.39 is 0 Å². The number of hydrogen-bond acceptors (Lipinski definition) is 0. The van der Waals surface area contributed by atoms with E-state index in [2.05, 4.69) is 478 Å². The Bertz CT molecular complexity index is 6180. The fourth-order valence-electron chi connectivity index (χ4n) is 15.8. The highest BCUT2D eigenvalue weighted by Crippen LogP contribution is 2.39. The van der Waals surface area contributed by atoms with Crippen LogP contribution in [0.2, 0.25) is 0 Å². The van der Waals surface area contributed by atoms with E-state index >= 15 is 0 Å². The second-order valence-electron chi connectivity index (χ2n) is 31.7. The lowest BCUT2D eigenvalue weighted by molar-refractivity contribution is 1.28. The largest absolute Gasteiger partial charge is 0.133 e. The van der Waals surface area contributed by atoms with Gasteiger partial charge in [-0.05, 0) is 386 Å². The molecule has 0 amide bonds. The zero-order valence-electron chi connectivity index (χ0n) is 72.9. The van der Waals surface area contributed by atoms with E-state index in [1.165, 1.54) is 233 Å². The zero-order chi connectivity index (χ0) is 88.7. The number of benzene rings is 15. The Morgan fingerprint density at radius 3 is 0.823 bits per heavy atom. The van der Waals surface area contributed by atoms with Gasteiger partial charge < -0.3 is 0 Å². The SMILES string of the molecule is Cc1cc(-c2ccc(CP)c(C)c2)cc(-c2ccc(CP)c(CP)c2)c1.Cc1cc(-c2cccc(-c3ccc(CP)c(CP)c3)c2)ccc1P.Cc1cc(P)ccc1-c1ccc(C)c(-c2ccc(CP)c(CP)c2)c1.Cc1cc(P)ccc1-c1cccc(-c2ccc(CP)c(CP)c2)c1.Cc1ccc(-c2ccc(CP)cc2)cc1-c1ccc(CP)c(CP)c1. The Balaban J connectivity index is 0.000000151. The van der Waals surface area contributed by atoms with Gasteiger partial charge in [0.2, 0.25) is 0 Å². The highest BCUT2D eigenvalue weighted by molar-refractivity contribution is 7.28. The van der Waals surface area contributed by atoms with Crippen LogP contribution in [0.15, 0.2) is 291 Å². The molecule has 0 saturated heterocycles. The van der Waals surface area contributed by atoms with Crippen LogP contribution in [0.4, 0.5) is 0 Å². The second kappa shape index (κ2) is 49.1. The molecular weight excluding hydrogens is 1770 g/mol. The summed E-state index contributed by atoms with van der Waals surface area (Å²) in [5.74, 6) is 0. The maximum absolute atomic E-state index is 2.86. The molecule has 0 spiro atoms. The minimum Gasteiger partial charge on any atom is -0.133 e. The van der Waals surface area contributed by atoms with E-state index in [0.717, 1.165) is 73.9 Å². The predicted molar refractivity (Wildman–Crippen MR) is 609 cm³/mol. The van der Waals surface area contributed by atoms with Gasteiger partial charge >= 0.3 is 0 Å². The normalized spacial score (nSPS) is 10.9. The monoisotopic (exact) mass is 1900 g/mol. The Labute approximate surface area is 778 Å². The quantitative estimate of drug-likeness (QED) is 0.0593. The first-order valence-corrected chi connectivity index (χ1v) is 53.9. The third kappa shape index (κ3) is 26.3. The van der Waals surface area contributed by atoms with Gasteiger partial charge in [-0.25, -0.2) is 0 Å². The Morgan fingerprint density at radius 1 is 0.161 bits per heavy atom. The topological polar surface area (TPSA) is 0 Å². The molecule has 0 fully saturated rings. The van der Waals surface area contributed by atoms with Crippen molar-refractivity contribution in [2.24, 2.45) is 0 Å². The van der Waals surface area contributed by atoms with Crippen molar-refractivity contribution < 1.29 is 0 Å². The highest BCUT2D eigenvalue weighted by atomic mass is 31.0. The van der Waals surface area contributed by atoms with Gasteiger partial charge in [-0.1, -0.05) is 261 Å². The number of aryl methyl sites for hydroxylation is 7. The molecule has 0 N–H and O–H groups in total. The fraction of sp³-hybridized carbons (Fsp3) is 0.174. The summed E-state index contributed by atoms with van der Waals surface area (Å²) in [5.41, 5.74) is 51.8.